The number of terminal acetylenes is 1. The van der Waals surface area contributed by atoms with Crippen molar-refractivity contribution in [2.24, 2.45) is 0 Å². The lowest BCUT2D eigenvalue weighted by atomic mass is 10.4. The quantitative estimate of drug-likeness (QED) is 0.377. The van der Waals surface area contributed by atoms with Crippen molar-refractivity contribution >= 4 is 5.97 Å². The molecule has 0 heterocycles. The van der Waals surface area contributed by atoms with Crippen LogP contribution in [0.2, 0.25) is 0 Å². The van der Waals surface area contributed by atoms with Gasteiger partial charge in [0.15, 0.2) is 6.23 Å². The topological polar surface area (TPSA) is 49.8 Å². The van der Waals surface area contributed by atoms with Gasteiger partial charge in [0, 0.05) is 13.0 Å². The molecule has 0 bridgehead atoms. The van der Waals surface area contributed by atoms with Crippen LogP contribution in [0.5, 0.6) is 0 Å². The predicted octanol–water partition coefficient (Wildman–Crippen LogP) is 0.213. The largest absolute Gasteiger partial charge is 0.464 e. The molecular weight excluding hydrogens is 182 g/mol. The fourth-order valence-corrected chi connectivity index (χ4v) is 0.938. The zero-order valence-electron chi connectivity index (χ0n) is 8.69. The Balaban J connectivity index is 3.74. The third-order valence-electron chi connectivity index (χ3n) is 1.83. The molecular formula is C10H17NO3. The second kappa shape index (κ2) is 7.36. The van der Waals surface area contributed by atoms with Crippen molar-refractivity contribution in [1.29, 1.82) is 0 Å². The molecule has 0 aliphatic heterocycles. The highest BCUT2D eigenvalue weighted by molar-refractivity contribution is 5.68. The third kappa shape index (κ3) is 4.85. The zero-order chi connectivity index (χ0) is 11.0. The molecule has 80 valence electrons. The van der Waals surface area contributed by atoms with Crippen molar-refractivity contribution in [1.82, 2.24) is 4.90 Å². The summed E-state index contributed by atoms with van der Waals surface area (Å²) in [7, 11) is 0. The molecule has 4 heteroatoms. The van der Waals surface area contributed by atoms with E-state index < -0.39 is 6.23 Å². The standard InChI is InChI=1S/C10H17NO3/c1-4-9(12)11(6-3)7-8-14-10(13)5-2/h1,9,12H,5-8H2,2-3H3. The molecule has 0 aromatic carbocycles. The van der Waals surface area contributed by atoms with Crippen LogP contribution < -0.4 is 0 Å². The van der Waals surface area contributed by atoms with Crippen molar-refractivity contribution < 1.29 is 14.6 Å². The Morgan fingerprint density at radius 3 is 2.71 bits per heavy atom. The van der Waals surface area contributed by atoms with Crippen LogP contribution in [0.4, 0.5) is 0 Å². The number of hydrogen-bond donors (Lipinski definition) is 1. The highest BCUT2D eigenvalue weighted by atomic mass is 16.5. The van der Waals surface area contributed by atoms with Crippen molar-refractivity contribution in [3.8, 4) is 12.3 Å². The molecule has 1 N–H and O–H groups in total. The summed E-state index contributed by atoms with van der Waals surface area (Å²) >= 11 is 0. The average molecular weight is 199 g/mol. The number of likely N-dealkylation sites (N-methyl/N-ethyl adjacent to an activating group) is 1. The highest BCUT2D eigenvalue weighted by Crippen LogP contribution is 1.95. The number of carbonyl (C=O) groups is 1. The molecule has 0 rings (SSSR count). The van der Waals surface area contributed by atoms with E-state index in [2.05, 4.69) is 5.92 Å². The molecule has 0 aromatic heterocycles. The molecule has 0 aliphatic carbocycles. The maximum atomic E-state index is 10.8. The SMILES string of the molecule is C#CC(O)N(CC)CCOC(=O)CC. The lowest BCUT2D eigenvalue weighted by molar-refractivity contribution is -0.144. The van der Waals surface area contributed by atoms with Crippen molar-refractivity contribution in [3.63, 3.8) is 0 Å². The summed E-state index contributed by atoms with van der Waals surface area (Å²) in [6.45, 7) is 4.94. The number of hydrogen-bond acceptors (Lipinski definition) is 4. The maximum absolute atomic E-state index is 10.8. The van der Waals surface area contributed by atoms with Gasteiger partial charge in [-0.05, 0) is 6.54 Å². The van der Waals surface area contributed by atoms with Gasteiger partial charge >= 0.3 is 5.97 Å². The number of ether oxygens (including phenoxy) is 1. The first kappa shape index (κ1) is 12.9. The molecule has 0 fully saturated rings. The van der Waals surface area contributed by atoms with Crippen LogP contribution in [0.1, 0.15) is 20.3 Å². The molecule has 1 atom stereocenters. The molecule has 14 heavy (non-hydrogen) atoms. The monoisotopic (exact) mass is 199 g/mol. The third-order valence-corrected chi connectivity index (χ3v) is 1.83. The number of carbonyl (C=O) groups excluding carboxylic acids is 1. The van der Waals surface area contributed by atoms with E-state index in [1.165, 1.54) is 0 Å². The van der Waals surface area contributed by atoms with Gasteiger partial charge in [-0.2, -0.15) is 0 Å². The minimum absolute atomic E-state index is 0.240. The molecule has 0 saturated heterocycles. The van der Waals surface area contributed by atoms with Gasteiger partial charge in [0.2, 0.25) is 0 Å². The molecule has 4 nitrogen and oxygen atoms in total. The first-order valence-corrected chi connectivity index (χ1v) is 4.69. The van der Waals surface area contributed by atoms with Gasteiger partial charge in [-0.1, -0.05) is 19.8 Å². The van der Waals surface area contributed by atoms with E-state index in [9.17, 15) is 9.90 Å². The molecule has 0 saturated carbocycles. The highest BCUT2D eigenvalue weighted by Gasteiger charge is 2.10. The first-order valence-electron chi connectivity index (χ1n) is 4.69. The Hall–Kier alpha value is -1.05. The lowest BCUT2D eigenvalue weighted by Crippen LogP contribution is -2.36. The van der Waals surface area contributed by atoms with Crippen LogP contribution in [-0.4, -0.2) is 41.9 Å². The number of esters is 1. The summed E-state index contributed by atoms with van der Waals surface area (Å²) in [5.41, 5.74) is 0. The van der Waals surface area contributed by atoms with Crippen LogP contribution in [-0.2, 0) is 9.53 Å². The minimum Gasteiger partial charge on any atom is -0.464 e. The summed E-state index contributed by atoms with van der Waals surface area (Å²) in [5.74, 6) is 1.97. The molecule has 0 aliphatic rings. The van der Waals surface area contributed by atoms with Gasteiger partial charge in [-0.25, -0.2) is 0 Å². The fraction of sp³-hybridized carbons (Fsp3) is 0.700. The number of nitrogens with zero attached hydrogens (tertiary/aromatic N) is 1. The van der Waals surface area contributed by atoms with E-state index in [1.54, 1.807) is 11.8 Å². The minimum atomic E-state index is -0.902. The zero-order valence-corrected chi connectivity index (χ0v) is 8.69. The lowest BCUT2D eigenvalue weighted by Gasteiger charge is -2.22. The summed E-state index contributed by atoms with van der Waals surface area (Å²) in [4.78, 5) is 12.4. The van der Waals surface area contributed by atoms with Gasteiger partial charge in [0.25, 0.3) is 0 Å². The molecule has 0 aromatic rings. The molecule has 1 unspecified atom stereocenters. The van der Waals surface area contributed by atoms with E-state index in [-0.39, 0.29) is 12.6 Å². The predicted molar refractivity (Wildman–Crippen MR) is 53.3 cm³/mol. The fourth-order valence-electron chi connectivity index (χ4n) is 0.938. The summed E-state index contributed by atoms with van der Waals surface area (Å²) < 4.78 is 4.86. The molecule has 0 amide bonds. The van der Waals surface area contributed by atoms with Crippen LogP contribution in [0.25, 0.3) is 0 Å². The second-order valence-electron chi connectivity index (χ2n) is 2.74. The maximum Gasteiger partial charge on any atom is 0.305 e. The number of rotatable bonds is 6. The molecule has 0 spiro atoms. The normalized spacial score (nSPS) is 12.2. The second-order valence-corrected chi connectivity index (χ2v) is 2.74. The summed E-state index contributed by atoms with van der Waals surface area (Å²) in [5, 5.41) is 9.29. The van der Waals surface area contributed by atoms with Gasteiger partial charge < -0.3 is 9.84 Å². The van der Waals surface area contributed by atoms with Crippen molar-refractivity contribution in [3.05, 3.63) is 0 Å². The van der Waals surface area contributed by atoms with Crippen LogP contribution in [0.3, 0.4) is 0 Å². The van der Waals surface area contributed by atoms with Gasteiger partial charge in [0.05, 0.1) is 0 Å². The van der Waals surface area contributed by atoms with E-state index in [0.29, 0.717) is 19.5 Å². The number of aliphatic hydroxyl groups is 1. The Bertz CT molecular complexity index is 210. The van der Waals surface area contributed by atoms with E-state index in [0.717, 1.165) is 0 Å². The van der Waals surface area contributed by atoms with Gasteiger partial charge in [0.1, 0.15) is 6.61 Å². The van der Waals surface area contributed by atoms with Gasteiger partial charge in [-0.15, -0.1) is 6.42 Å². The smallest absolute Gasteiger partial charge is 0.305 e. The van der Waals surface area contributed by atoms with E-state index in [4.69, 9.17) is 11.2 Å². The van der Waals surface area contributed by atoms with E-state index in [1.807, 2.05) is 6.92 Å². The molecule has 0 radical (unpaired) electrons. The Morgan fingerprint density at radius 1 is 1.64 bits per heavy atom. The number of aliphatic hydroxyl groups excluding tert-OH is 1. The van der Waals surface area contributed by atoms with Gasteiger partial charge in [-0.3, -0.25) is 9.69 Å². The van der Waals surface area contributed by atoms with E-state index >= 15 is 0 Å². The summed E-state index contributed by atoms with van der Waals surface area (Å²) in [6.07, 6.45) is 4.52. The Kier molecular flexibility index (Phi) is 6.81. The average Bonchev–Trinajstić information content (AvgIpc) is 2.22. The Labute approximate surface area is 84.9 Å². The summed E-state index contributed by atoms with van der Waals surface area (Å²) in [6, 6.07) is 0. The van der Waals surface area contributed by atoms with Crippen LogP contribution >= 0.6 is 0 Å². The van der Waals surface area contributed by atoms with Crippen molar-refractivity contribution in [2.75, 3.05) is 19.7 Å². The van der Waals surface area contributed by atoms with Crippen molar-refractivity contribution in [2.45, 2.75) is 26.5 Å². The Morgan fingerprint density at radius 2 is 2.29 bits per heavy atom. The van der Waals surface area contributed by atoms with Crippen LogP contribution in [0.15, 0.2) is 0 Å². The first-order chi connectivity index (χ1) is 6.65. The van der Waals surface area contributed by atoms with Crippen LogP contribution in [0, 0.1) is 12.3 Å².